The highest BCUT2D eigenvalue weighted by Gasteiger charge is 2.21. The number of aromatic nitrogens is 3. The van der Waals surface area contributed by atoms with E-state index >= 15 is 0 Å². The fourth-order valence-corrected chi connectivity index (χ4v) is 3.49. The van der Waals surface area contributed by atoms with Gasteiger partial charge in [-0.1, -0.05) is 0 Å². The average Bonchev–Trinajstić information content (AvgIpc) is 3.16. The maximum atomic E-state index is 8.36. The SMILES string of the molecule is CCOc1cc2c3c(c1)nc(-c1ccc4oc(N)nc4c1)n3CCCO2.O=CO. The molecule has 3 N–H and O–H groups in total. The number of oxazole rings is 1. The summed E-state index contributed by atoms with van der Waals surface area (Å²) in [7, 11) is 0. The smallest absolute Gasteiger partial charge is 0.292 e. The van der Waals surface area contributed by atoms with Gasteiger partial charge in [0.2, 0.25) is 0 Å². The quantitative estimate of drug-likeness (QED) is 0.505. The molecule has 1 aliphatic heterocycles. The van der Waals surface area contributed by atoms with Gasteiger partial charge in [0.25, 0.3) is 12.5 Å². The zero-order valence-electron chi connectivity index (χ0n) is 15.8. The molecule has 0 saturated carbocycles. The van der Waals surface area contributed by atoms with Gasteiger partial charge in [-0.05, 0) is 31.5 Å². The topological polar surface area (TPSA) is 126 Å². The van der Waals surface area contributed by atoms with Crippen LogP contribution in [-0.4, -0.2) is 39.3 Å². The number of anilines is 1. The number of hydrogen-bond acceptors (Lipinski definition) is 7. The van der Waals surface area contributed by atoms with E-state index in [4.69, 9.17) is 34.5 Å². The molecule has 9 nitrogen and oxygen atoms in total. The summed E-state index contributed by atoms with van der Waals surface area (Å²) in [6.07, 6.45) is 0.913. The van der Waals surface area contributed by atoms with E-state index in [0.29, 0.717) is 18.8 Å². The van der Waals surface area contributed by atoms with E-state index in [-0.39, 0.29) is 12.5 Å². The first kappa shape index (κ1) is 18.6. The van der Waals surface area contributed by atoms with Crippen molar-refractivity contribution in [3.05, 3.63) is 30.3 Å². The van der Waals surface area contributed by atoms with E-state index in [9.17, 15) is 0 Å². The summed E-state index contributed by atoms with van der Waals surface area (Å²) in [6, 6.07) is 9.88. The van der Waals surface area contributed by atoms with Crippen molar-refractivity contribution in [1.29, 1.82) is 0 Å². The Hall–Kier alpha value is -3.75. The van der Waals surface area contributed by atoms with E-state index in [0.717, 1.165) is 52.4 Å². The van der Waals surface area contributed by atoms with E-state index in [1.165, 1.54) is 0 Å². The standard InChI is InChI=1S/C19H18N4O3.CH2O2/c1-2-24-12-9-14-17-16(10-12)25-7-3-6-23(17)18(21-14)11-4-5-15-13(8-11)22-19(20)26-15;2-1-3/h4-5,8-10H,2-3,6-7H2,1H3,(H2,20,22);1H,(H,2,3). The van der Waals surface area contributed by atoms with Gasteiger partial charge in [-0.25, -0.2) is 4.98 Å². The Morgan fingerprint density at radius 2 is 2.10 bits per heavy atom. The molecule has 0 unspecified atom stereocenters. The van der Waals surface area contributed by atoms with E-state index in [1.54, 1.807) is 0 Å². The minimum absolute atomic E-state index is 0.167. The van der Waals surface area contributed by atoms with Gasteiger partial charge >= 0.3 is 0 Å². The molecule has 2 aromatic carbocycles. The third-order valence-corrected chi connectivity index (χ3v) is 4.54. The van der Waals surface area contributed by atoms with Crippen molar-refractivity contribution in [1.82, 2.24) is 14.5 Å². The molecule has 0 aliphatic carbocycles. The number of fused-ring (bicyclic) bond motifs is 1. The summed E-state index contributed by atoms with van der Waals surface area (Å²) in [5.74, 6) is 2.46. The van der Waals surface area contributed by atoms with E-state index < -0.39 is 0 Å². The normalized spacial score (nSPS) is 12.7. The fraction of sp³-hybridized carbons (Fsp3) is 0.250. The summed E-state index contributed by atoms with van der Waals surface area (Å²) in [4.78, 5) is 17.5. The molecule has 0 spiro atoms. The summed E-state index contributed by atoms with van der Waals surface area (Å²) in [6.45, 7) is 3.82. The van der Waals surface area contributed by atoms with Crippen LogP contribution in [0.2, 0.25) is 0 Å². The van der Waals surface area contributed by atoms with Crippen LogP contribution in [0.4, 0.5) is 6.01 Å². The first-order valence-corrected chi connectivity index (χ1v) is 9.18. The molecule has 0 radical (unpaired) electrons. The minimum Gasteiger partial charge on any atom is -0.494 e. The second kappa shape index (κ2) is 7.70. The number of nitrogen functional groups attached to an aromatic ring is 1. The van der Waals surface area contributed by atoms with Crippen LogP contribution in [0.3, 0.4) is 0 Å². The van der Waals surface area contributed by atoms with Crippen LogP contribution >= 0.6 is 0 Å². The highest BCUT2D eigenvalue weighted by atomic mass is 16.5. The van der Waals surface area contributed by atoms with Crippen LogP contribution in [0.5, 0.6) is 11.5 Å². The molecular formula is C20H20N4O5. The molecule has 9 heteroatoms. The Morgan fingerprint density at radius 3 is 2.90 bits per heavy atom. The zero-order chi connectivity index (χ0) is 20.4. The molecule has 1 aliphatic rings. The molecule has 2 aromatic heterocycles. The number of aryl methyl sites for hydroxylation is 1. The summed E-state index contributed by atoms with van der Waals surface area (Å²) >= 11 is 0. The average molecular weight is 396 g/mol. The summed E-state index contributed by atoms with van der Waals surface area (Å²) < 4.78 is 19.2. The lowest BCUT2D eigenvalue weighted by Crippen LogP contribution is -2.01. The lowest BCUT2D eigenvalue weighted by atomic mass is 10.2. The zero-order valence-corrected chi connectivity index (χ0v) is 15.8. The van der Waals surface area contributed by atoms with Gasteiger partial charge in [0, 0.05) is 24.2 Å². The molecule has 4 aromatic rings. The Kier molecular flexibility index (Phi) is 4.94. The lowest BCUT2D eigenvalue weighted by molar-refractivity contribution is -0.122. The molecule has 0 amide bonds. The minimum atomic E-state index is -0.250. The van der Waals surface area contributed by atoms with Crippen molar-refractivity contribution in [2.75, 3.05) is 18.9 Å². The number of carboxylic acid groups (broad SMARTS) is 1. The number of rotatable bonds is 3. The third-order valence-electron chi connectivity index (χ3n) is 4.54. The number of nitrogens with zero attached hydrogens (tertiary/aromatic N) is 3. The van der Waals surface area contributed by atoms with Crippen molar-refractivity contribution >= 4 is 34.6 Å². The molecule has 0 fully saturated rings. The fourth-order valence-electron chi connectivity index (χ4n) is 3.49. The highest BCUT2D eigenvalue weighted by Crippen LogP contribution is 2.37. The van der Waals surface area contributed by atoms with Crippen LogP contribution in [0.15, 0.2) is 34.7 Å². The molecular weight excluding hydrogens is 376 g/mol. The van der Waals surface area contributed by atoms with Crippen molar-refractivity contribution in [2.24, 2.45) is 0 Å². The van der Waals surface area contributed by atoms with Gasteiger partial charge in [0.05, 0.1) is 18.7 Å². The Balaban J connectivity index is 0.000000645. The van der Waals surface area contributed by atoms with Crippen molar-refractivity contribution in [2.45, 2.75) is 19.9 Å². The molecule has 0 saturated heterocycles. The largest absolute Gasteiger partial charge is 0.494 e. The van der Waals surface area contributed by atoms with Crippen LogP contribution in [-0.2, 0) is 11.3 Å². The molecule has 0 bridgehead atoms. The predicted molar refractivity (Wildman–Crippen MR) is 107 cm³/mol. The second-order valence-electron chi connectivity index (χ2n) is 6.35. The van der Waals surface area contributed by atoms with Gasteiger partial charge in [-0.3, -0.25) is 4.79 Å². The third kappa shape index (κ3) is 3.42. The first-order chi connectivity index (χ1) is 14.1. The van der Waals surface area contributed by atoms with Crippen LogP contribution < -0.4 is 15.2 Å². The van der Waals surface area contributed by atoms with Gasteiger partial charge in [0.15, 0.2) is 5.58 Å². The maximum absolute atomic E-state index is 8.36. The van der Waals surface area contributed by atoms with Crippen molar-refractivity contribution in [3.8, 4) is 22.9 Å². The number of hydrogen-bond donors (Lipinski definition) is 2. The number of nitrogens with two attached hydrogens (primary N) is 1. The Labute approximate surface area is 165 Å². The lowest BCUT2D eigenvalue weighted by Gasteiger charge is -2.08. The van der Waals surface area contributed by atoms with Crippen LogP contribution in [0.25, 0.3) is 33.5 Å². The molecule has 5 rings (SSSR count). The molecule has 29 heavy (non-hydrogen) atoms. The summed E-state index contributed by atoms with van der Waals surface area (Å²) in [5.41, 5.74) is 9.88. The Bertz CT molecular complexity index is 1180. The highest BCUT2D eigenvalue weighted by molar-refractivity contribution is 5.89. The maximum Gasteiger partial charge on any atom is 0.292 e. The van der Waals surface area contributed by atoms with E-state index in [2.05, 4.69) is 9.55 Å². The number of imidazole rings is 1. The Morgan fingerprint density at radius 1 is 1.28 bits per heavy atom. The van der Waals surface area contributed by atoms with E-state index in [1.807, 2.05) is 37.3 Å². The second-order valence-corrected chi connectivity index (χ2v) is 6.35. The monoisotopic (exact) mass is 396 g/mol. The number of benzene rings is 2. The first-order valence-electron chi connectivity index (χ1n) is 9.18. The summed E-state index contributed by atoms with van der Waals surface area (Å²) in [5, 5.41) is 6.89. The van der Waals surface area contributed by atoms with Gasteiger partial charge < -0.3 is 29.3 Å². The van der Waals surface area contributed by atoms with Gasteiger partial charge in [-0.15, -0.1) is 0 Å². The van der Waals surface area contributed by atoms with Crippen molar-refractivity contribution < 1.29 is 23.8 Å². The van der Waals surface area contributed by atoms with Crippen LogP contribution in [0.1, 0.15) is 13.3 Å². The van der Waals surface area contributed by atoms with Gasteiger partial charge in [0.1, 0.15) is 28.4 Å². The number of carbonyl (C=O) groups is 1. The molecule has 0 atom stereocenters. The van der Waals surface area contributed by atoms with Crippen LogP contribution in [0, 0.1) is 0 Å². The molecule has 3 heterocycles. The van der Waals surface area contributed by atoms with Gasteiger partial charge in [-0.2, -0.15) is 4.98 Å². The van der Waals surface area contributed by atoms with Crippen molar-refractivity contribution in [3.63, 3.8) is 0 Å². The predicted octanol–water partition coefficient (Wildman–Crippen LogP) is 3.31. The molecule has 150 valence electrons. The number of ether oxygens (including phenoxy) is 2.